The van der Waals surface area contributed by atoms with Crippen molar-refractivity contribution in [3.8, 4) is 0 Å². The molecule has 2 atom stereocenters. The highest BCUT2D eigenvalue weighted by molar-refractivity contribution is 7.92. The number of aryl methyl sites for hydroxylation is 1. The van der Waals surface area contributed by atoms with Crippen molar-refractivity contribution in [2.45, 2.75) is 58.7 Å². The predicted molar refractivity (Wildman–Crippen MR) is 162 cm³/mol. The summed E-state index contributed by atoms with van der Waals surface area (Å²) >= 11 is 6.48. The van der Waals surface area contributed by atoms with E-state index in [2.05, 4.69) is 5.32 Å². The summed E-state index contributed by atoms with van der Waals surface area (Å²) in [7, 11) is -3.82. The first-order chi connectivity index (χ1) is 19.0. The van der Waals surface area contributed by atoms with Crippen molar-refractivity contribution >= 4 is 39.1 Å². The van der Waals surface area contributed by atoms with Crippen LogP contribution in [0.25, 0.3) is 0 Å². The molecule has 7 nitrogen and oxygen atoms in total. The highest BCUT2D eigenvalue weighted by Crippen LogP contribution is 2.23. The second-order valence-electron chi connectivity index (χ2n) is 9.93. The van der Waals surface area contributed by atoms with E-state index in [1.54, 1.807) is 30.3 Å². The van der Waals surface area contributed by atoms with Crippen molar-refractivity contribution in [3.63, 3.8) is 0 Å². The second-order valence-corrected chi connectivity index (χ2v) is 12.2. The maximum Gasteiger partial charge on any atom is 0.244 e. The van der Waals surface area contributed by atoms with Gasteiger partial charge in [-0.3, -0.25) is 13.9 Å². The van der Waals surface area contributed by atoms with Crippen molar-refractivity contribution in [2.24, 2.45) is 0 Å². The summed E-state index contributed by atoms with van der Waals surface area (Å²) in [6.07, 6.45) is 2.85. The molecule has 3 aromatic rings. The smallest absolute Gasteiger partial charge is 0.244 e. The lowest BCUT2D eigenvalue weighted by atomic mass is 10.0. The number of carbonyl (C=O) groups excluding carboxylic acids is 2. The summed E-state index contributed by atoms with van der Waals surface area (Å²) in [5.74, 6) is -0.818. The predicted octanol–water partition coefficient (Wildman–Crippen LogP) is 5.22. The van der Waals surface area contributed by atoms with Crippen molar-refractivity contribution < 1.29 is 18.0 Å². The van der Waals surface area contributed by atoms with Crippen molar-refractivity contribution in [1.29, 1.82) is 0 Å². The Kier molecular flexibility index (Phi) is 11.2. The van der Waals surface area contributed by atoms with Crippen molar-refractivity contribution in [3.05, 3.63) is 101 Å². The van der Waals surface area contributed by atoms with Crippen LogP contribution in [0.1, 0.15) is 43.9 Å². The van der Waals surface area contributed by atoms with Crippen LogP contribution < -0.4 is 9.62 Å². The van der Waals surface area contributed by atoms with E-state index in [9.17, 15) is 18.0 Å². The van der Waals surface area contributed by atoms with Gasteiger partial charge in [-0.1, -0.05) is 86.1 Å². The fraction of sp³-hybridized carbons (Fsp3) is 0.355. The fourth-order valence-electron chi connectivity index (χ4n) is 4.32. The number of sulfonamides is 1. The first kappa shape index (κ1) is 31.2. The molecule has 214 valence electrons. The minimum absolute atomic E-state index is 0.0380. The molecule has 1 N–H and O–H groups in total. The van der Waals surface area contributed by atoms with Gasteiger partial charge in [0, 0.05) is 24.0 Å². The van der Waals surface area contributed by atoms with Crippen LogP contribution in [0.3, 0.4) is 0 Å². The van der Waals surface area contributed by atoms with Gasteiger partial charge in [0.25, 0.3) is 0 Å². The summed E-state index contributed by atoms with van der Waals surface area (Å²) < 4.78 is 26.9. The van der Waals surface area contributed by atoms with Crippen LogP contribution in [-0.4, -0.2) is 50.0 Å². The topological polar surface area (TPSA) is 86.8 Å². The molecule has 3 aromatic carbocycles. The van der Waals surface area contributed by atoms with Gasteiger partial charge < -0.3 is 10.2 Å². The van der Waals surface area contributed by atoms with Gasteiger partial charge in [0.05, 0.1) is 11.9 Å². The molecule has 0 spiro atoms. The molecule has 0 fully saturated rings. The lowest BCUT2D eigenvalue weighted by Gasteiger charge is -2.34. The van der Waals surface area contributed by atoms with Gasteiger partial charge in [0.15, 0.2) is 0 Å². The van der Waals surface area contributed by atoms with E-state index in [1.807, 2.05) is 69.3 Å². The van der Waals surface area contributed by atoms with Crippen molar-refractivity contribution in [2.75, 3.05) is 17.1 Å². The summed E-state index contributed by atoms with van der Waals surface area (Å²) in [6, 6.07) is 22.7. The van der Waals surface area contributed by atoms with Crippen molar-refractivity contribution in [1.82, 2.24) is 10.2 Å². The Labute approximate surface area is 243 Å². The quantitative estimate of drug-likeness (QED) is 0.299. The minimum Gasteiger partial charge on any atom is -0.352 e. The first-order valence-corrected chi connectivity index (χ1v) is 15.7. The highest BCUT2D eigenvalue weighted by atomic mass is 35.5. The number of rotatable bonds is 13. The summed E-state index contributed by atoms with van der Waals surface area (Å²) in [5, 5.41) is 3.47. The Morgan fingerprint density at radius 2 is 1.52 bits per heavy atom. The first-order valence-electron chi connectivity index (χ1n) is 13.5. The van der Waals surface area contributed by atoms with Crippen LogP contribution >= 0.6 is 11.6 Å². The van der Waals surface area contributed by atoms with Crippen LogP contribution in [0.5, 0.6) is 0 Å². The number of halogens is 1. The molecule has 3 rings (SSSR count). The Bertz CT molecular complexity index is 1380. The molecule has 0 saturated carbocycles. The average molecular weight is 584 g/mol. The van der Waals surface area contributed by atoms with Crippen LogP contribution in [0.4, 0.5) is 5.69 Å². The number of nitrogens with zero attached hydrogens (tertiary/aromatic N) is 2. The third-order valence-corrected chi connectivity index (χ3v) is 8.39. The standard InChI is InChI=1S/C31H38ClN3O4S/c1-5-23(3)33-31(37)29(20-25-12-8-7-9-13-25)34(21-26-14-10-11-15-28(26)32)30(36)22-35(40(4,38)39)27-18-16-24(6-2)17-19-27/h7-19,23,29H,5-6,20-22H2,1-4H3,(H,33,37)/t23-,29+/m1/s1. The van der Waals surface area contributed by atoms with E-state index in [0.717, 1.165) is 34.5 Å². The van der Waals surface area contributed by atoms with E-state index in [4.69, 9.17) is 11.6 Å². The molecule has 0 saturated heterocycles. The number of anilines is 1. The van der Waals surface area contributed by atoms with E-state index in [-0.39, 0.29) is 24.9 Å². The van der Waals surface area contributed by atoms with Crippen LogP contribution in [0.15, 0.2) is 78.9 Å². The van der Waals surface area contributed by atoms with Gasteiger partial charge in [-0.05, 0) is 54.7 Å². The maximum atomic E-state index is 14.1. The molecule has 0 radical (unpaired) electrons. The zero-order chi connectivity index (χ0) is 29.3. The Morgan fingerprint density at radius 3 is 2.10 bits per heavy atom. The third-order valence-electron chi connectivity index (χ3n) is 6.88. The average Bonchev–Trinajstić information content (AvgIpc) is 2.94. The number of hydrogen-bond donors (Lipinski definition) is 1. The van der Waals surface area contributed by atoms with Gasteiger partial charge in [0.2, 0.25) is 21.8 Å². The molecule has 0 heterocycles. The largest absolute Gasteiger partial charge is 0.352 e. The van der Waals surface area contributed by atoms with Gasteiger partial charge >= 0.3 is 0 Å². The third kappa shape index (κ3) is 8.57. The number of carbonyl (C=O) groups is 2. The molecule has 0 aromatic heterocycles. The SMILES string of the molecule is CCc1ccc(N(CC(=O)N(Cc2ccccc2Cl)[C@@H](Cc2ccccc2)C(=O)N[C@H](C)CC)S(C)(=O)=O)cc1. The van der Waals surface area contributed by atoms with Crippen LogP contribution in [0.2, 0.25) is 5.02 Å². The van der Waals surface area contributed by atoms with Crippen LogP contribution in [-0.2, 0) is 39.0 Å². The molecule has 0 aliphatic heterocycles. The Balaban J connectivity index is 2.06. The molecular weight excluding hydrogens is 546 g/mol. The molecule has 2 amide bonds. The zero-order valence-electron chi connectivity index (χ0n) is 23.5. The summed E-state index contributed by atoms with van der Waals surface area (Å²) in [4.78, 5) is 29.2. The number of amides is 2. The molecule has 0 bridgehead atoms. The Morgan fingerprint density at radius 1 is 0.900 bits per heavy atom. The zero-order valence-corrected chi connectivity index (χ0v) is 25.1. The second kappa shape index (κ2) is 14.3. The number of benzene rings is 3. The number of hydrogen-bond acceptors (Lipinski definition) is 4. The molecule has 0 aliphatic carbocycles. The molecule has 40 heavy (non-hydrogen) atoms. The van der Waals surface area contributed by atoms with E-state index in [1.165, 1.54) is 4.90 Å². The van der Waals surface area contributed by atoms with Crippen LogP contribution in [0, 0.1) is 0 Å². The molecule has 0 aliphatic rings. The van der Waals surface area contributed by atoms with E-state index in [0.29, 0.717) is 16.3 Å². The number of nitrogens with one attached hydrogen (secondary N) is 1. The fourth-order valence-corrected chi connectivity index (χ4v) is 5.36. The maximum absolute atomic E-state index is 14.1. The normalized spacial score (nSPS) is 12.8. The molecule has 9 heteroatoms. The lowest BCUT2D eigenvalue weighted by Crippen LogP contribution is -2.54. The van der Waals surface area contributed by atoms with Gasteiger partial charge in [0.1, 0.15) is 12.6 Å². The monoisotopic (exact) mass is 583 g/mol. The molecular formula is C31H38ClN3O4S. The molecule has 0 unspecified atom stereocenters. The summed E-state index contributed by atoms with van der Waals surface area (Å²) in [5.41, 5.74) is 2.96. The lowest BCUT2D eigenvalue weighted by molar-refractivity contribution is -0.140. The van der Waals surface area contributed by atoms with Gasteiger partial charge in [-0.2, -0.15) is 0 Å². The highest BCUT2D eigenvalue weighted by Gasteiger charge is 2.33. The minimum atomic E-state index is -3.82. The Hall–Kier alpha value is -3.36. The summed E-state index contributed by atoms with van der Waals surface area (Å²) in [6.45, 7) is 5.46. The van der Waals surface area contributed by atoms with E-state index < -0.39 is 28.5 Å². The van der Waals surface area contributed by atoms with Gasteiger partial charge in [-0.25, -0.2) is 8.42 Å². The van der Waals surface area contributed by atoms with E-state index >= 15 is 0 Å². The van der Waals surface area contributed by atoms with Gasteiger partial charge in [-0.15, -0.1) is 0 Å².